The summed E-state index contributed by atoms with van der Waals surface area (Å²) < 4.78 is 0.496. The van der Waals surface area contributed by atoms with Crippen molar-refractivity contribution < 1.29 is 9.55 Å². The molecule has 2 aliphatic heterocycles. The summed E-state index contributed by atoms with van der Waals surface area (Å²) in [5.41, 5.74) is 5.84. The van der Waals surface area contributed by atoms with Crippen molar-refractivity contribution >= 4 is 17.5 Å². The minimum absolute atomic E-state index is 0.0155. The molecular formula is C7H8N5O2+. The van der Waals surface area contributed by atoms with Crippen molar-refractivity contribution in [1.82, 2.24) is 5.32 Å². The van der Waals surface area contributed by atoms with Crippen molar-refractivity contribution in [1.29, 1.82) is 0 Å². The third-order valence-electron chi connectivity index (χ3n) is 1.77. The van der Waals surface area contributed by atoms with E-state index in [4.69, 9.17) is 5.73 Å². The molecular weight excluding hydrogens is 186 g/mol. The average Bonchev–Trinajstić information content (AvgIpc) is 2.07. The van der Waals surface area contributed by atoms with Crippen LogP contribution in [0, 0.1) is 4.91 Å². The van der Waals surface area contributed by atoms with Crippen LogP contribution in [0.5, 0.6) is 0 Å². The van der Waals surface area contributed by atoms with Crippen LogP contribution in [-0.2, 0) is 4.79 Å². The van der Waals surface area contributed by atoms with Gasteiger partial charge >= 0.3 is 5.84 Å². The Kier molecular flexibility index (Phi) is 1.74. The predicted octanol–water partition coefficient (Wildman–Crippen LogP) is -1.15. The van der Waals surface area contributed by atoms with Crippen LogP contribution in [0.15, 0.2) is 21.9 Å². The fraction of sp³-hybridized carbons (Fsp3) is 0.286. The molecule has 0 aromatic carbocycles. The van der Waals surface area contributed by atoms with E-state index in [1.54, 1.807) is 6.92 Å². The minimum Gasteiger partial charge on any atom is -0.296 e. The van der Waals surface area contributed by atoms with E-state index in [1.165, 1.54) is 6.20 Å². The van der Waals surface area contributed by atoms with Gasteiger partial charge in [0.05, 0.1) is 5.70 Å². The number of amidine groups is 1. The van der Waals surface area contributed by atoms with Crippen LogP contribution in [0.2, 0.25) is 0 Å². The van der Waals surface area contributed by atoms with Gasteiger partial charge in [-0.05, 0) is 11.9 Å². The number of carbonyl (C=O) groups is 1. The molecule has 0 saturated heterocycles. The molecule has 0 fully saturated rings. The van der Waals surface area contributed by atoms with Gasteiger partial charge in [-0.1, -0.05) is 4.91 Å². The Hall–Kier alpha value is -1.89. The molecule has 1 unspecified atom stereocenters. The Morgan fingerprint density at radius 3 is 3.07 bits per heavy atom. The summed E-state index contributed by atoms with van der Waals surface area (Å²) in [7, 11) is 0. The molecule has 0 aliphatic carbocycles. The molecule has 2 rings (SSSR count). The summed E-state index contributed by atoms with van der Waals surface area (Å²) in [6.07, 6.45) is 0.368. The summed E-state index contributed by atoms with van der Waals surface area (Å²) in [4.78, 5) is 30.3. The topological polar surface area (TPSA) is 99.9 Å². The molecule has 0 bridgehead atoms. The van der Waals surface area contributed by atoms with Crippen LogP contribution >= 0.6 is 0 Å². The minimum atomic E-state index is -0.875. The van der Waals surface area contributed by atoms with Gasteiger partial charge in [0.1, 0.15) is 0 Å². The number of hydrogen-bond acceptors (Lipinski definition) is 5. The second-order valence-electron chi connectivity index (χ2n) is 2.93. The van der Waals surface area contributed by atoms with Crippen LogP contribution in [0.25, 0.3) is 0 Å². The van der Waals surface area contributed by atoms with E-state index in [2.05, 4.69) is 15.3 Å². The highest BCUT2D eigenvalue weighted by Gasteiger charge is 2.39. The van der Waals surface area contributed by atoms with Crippen molar-refractivity contribution in [2.24, 2.45) is 15.7 Å². The van der Waals surface area contributed by atoms with Gasteiger partial charge in [0, 0.05) is 4.76 Å². The number of nitrogens with zero attached hydrogens (tertiary/aromatic N) is 3. The standard InChI is InChI=1S/C7H7N5O2/c1-3-2-12(14)5-4(9-3)6(13)11-7(8)10-5/h2,7H,8H2,1H3/p+1. The number of fused-ring (bicyclic) bond motifs is 1. The van der Waals surface area contributed by atoms with E-state index in [0.29, 0.717) is 10.5 Å². The Morgan fingerprint density at radius 1 is 1.64 bits per heavy atom. The van der Waals surface area contributed by atoms with E-state index in [0.717, 1.165) is 0 Å². The zero-order chi connectivity index (χ0) is 10.3. The quantitative estimate of drug-likeness (QED) is 0.476. The SMILES string of the molecule is CC1=C[N+](=O)C2=NC(N)NC(=O)C2=N1. The maximum absolute atomic E-state index is 11.3. The summed E-state index contributed by atoms with van der Waals surface area (Å²) in [6, 6.07) is 0. The molecule has 7 heteroatoms. The first-order valence-electron chi connectivity index (χ1n) is 3.96. The normalized spacial score (nSPS) is 25.9. The number of aliphatic imine (C=N–C) groups is 2. The van der Waals surface area contributed by atoms with E-state index in [9.17, 15) is 9.70 Å². The lowest BCUT2D eigenvalue weighted by Crippen LogP contribution is -2.53. The lowest BCUT2D eigenvalue weighted by Gasteiger charge is -2.13. The third kappa shape index (κ3) is 1.23. The van der Waals surface area contributed by atoms with Crippen LogP contribution in [0.3, 0.4) is 0 Å². The highest BCUT2D eigenvalue weighted by atomic mass is 16.3. The first kappa shape index (κ1) is 8.70. The number of carbonyl (C=O) groups excluding carboxylic acids is 1. The number of nitrogens with two attached hydrogens (primary N) is 1. The molecule has 0 aromatic rings. The summed E-state index contributed by atoms with van der Waals surface area (Å²) in [6.45, 7) is 1.62. The molecule has 1 atom stereocenters. The Bertz CT molecular complexity index is 420. The van der Waals surface area contributed by atoms with Crippen molar-refractivity contribution in [2.45, 2.75) is 13.2 Å². The fourth-order valence-corrected chi connectivity index (χ4v) is 1.23. The third-order valence-corrected chi connectivity index (χ3v) is 1.77. The first-order valence-corrected chi connectivity index (χ1v) is 3.96. The summed E-state index contributed by atoms with van der Waals surface area (Å²) >= 11 is 0. The zero-order valence-electron chi connectivity index (χ0n) is 7.39. The van der Waals surface area contributed by atoms with Gasteiger partial charge in [0.2, 0.25) is 5.71 Å². The highest BCUT2D eigenvalue weighted by Crippen LogP contribution is 2.08. The molecule has 2 heterocycles. The van der Waals surface area contributed by atoms with Gasteiger partial charge in [-0.3, -0.25) is 15.8 Å². The maximum atomic E-state index is 11.3. The number of rotatable bonds is 0. The van der Waals surface area contributed by atoms with Crippen LogP contribution < -0.4 is 11.1 Å². The van der Waals surface area contributed by atoms with E-state index in [1.807, 2.05) is 0 Å². The predicted molar refractivity (Wildman–Crippen MR) is 48.4 cm³/mol. The number of amides is 1. The molecule has 1 amide bonds. The smallest absolute Gasteiger partial charge is 0.296 e. The van der Waals surface area contributed by atoms with E-state index in [-0.39, 0.29) is 11.5 Å². The fourth-order valence-electron chi connectivity index (χ4n) is 1.23. The average molecular weight is 194 g/mol. The Balaban J connectivity index is 2.54. The maximum Gasteiger partial charge on any atom is 0.396 e. The second-order valence-corrected chi connectivity index (χ2v) is 2.93. The van der Waals surface area contributed by atoms with Crippen molar-refractivity contribution in [2.75, 3.05) is 0 Å². The number of hydrogen-bond donors (Lipinski definition) is 2. The van der Waals surface area contributed by atoms with Gasteiger partial charge in [0.25, 0.3) is 12.2 Å². The van der Waals surface area contributed by atoms with Crippen molar-refractivity contribution in [3.8, 4) is 0 Å². The number of nitroso groups, excluding NO2 is 1. The van der Waals surface area contributed by atoms with Crippen molar-refractivity contribution in [3.05, 3.63) is 16.8 Å². The molecule has 3 N–H and O–H groups in total. The summed E-state index contributed by atoms with van der Waals surface area (Å²) in [5, 5.41) is 2.35. The molecule has 0 spiro atoms. The number of nitrogens with one attached hydrogen (secondary N) is 1. The van der Waals surface area contributed by atoms with Crippen LogP contribution in [-0.4, -0.2) is 28.5 Å². The molecule has 0 radical (unpaired) electrons. The van der Waals surface area contributed by atoms with Gasteiger partial charge in [-0.15, -0.1) is 0 Å². The first-order chi connectivity index (χ1) is 6.58. The molecule has 2 aliphatic rings. The molecule has 72 valence electrons. The lowest BCUT2D eigenvalue weighted by atomic mass is 10.2. The van der Waals surface area contributed by atoms with Gasteiger partial charge in [0.15, 0.2) is 6.20 Å². The highest BCUT2D eigenvalue weighted by molar-refractivity contribution is 6.65. The number of allylic oxidation sites excluding steroid dienone is 1. The summed E-state index contributed by atoms with van der Waals surface area (Å²) in [5.74, 6) is -0.511. The Morgan fingerprint density at radius 2 is 2.36 bits per heavy atom. The van der Waals surface area contributed by atoms with E-state index >= 15 is 0 Å². The molecule has 0 saturated carbocycles. The van der Waals surface area contributed by atoms with Gasteiger partial charge < -0.3 is 0 Å². The van der Waals surface area contributed by atoms with E-state index < -0.39 is 12.2 Å². The van der Waals surface area contributed by atoms with Crippen LogP contribution in [0.1, 0.15) is 6.92 Å². The lowest BCUT2D eigenvalue weighted by molar-refractivity contribution is -0.348. The Labute approximate surface area is 79.0 Å². The van der Waals surface area contributed by atoms with Crippen LogP contribution in [0.4, 0.5) is 0 Å². The van der Waals surface area contributed by atoms with Gasteiger partial charge in [-0.2, -0.15) is 0 Å². The largest absolute Gasteiger partial charge is 0.396 e. The molecule has 7 nitrogen and oxygen atoms in total. The second kappa shape index (κ2) is 2.81. The monoisotopic (exact) mass is 194 g/mol. The van der Waals surface area contributed by atoms with Crippen molar-refractivity contribution in [3.63, 3.8) is 0 Å². The zero-order valence-corrected chi connectivity index (χ0v) is 7.39. The molecule has 14 heavy (non-hydrogen) atoms. The van der Waals surface area contributed by atoms with Gasteiger partial charge in [-0.25, -0.2) is 4.99 Å². The molecule has 0 aromatic heterocycles.